The molecule has 0 spiro atoms. The Balaban J connectivity index is 1.62. The van der Waals surface area contributed by atoms with Gasteiger partial charge in [0.25, 0.3) is 5.43 Å². The Morgan fingerprint density at radius 3 is 2.47 bits per heavy atom. The summed E-state index contributed by atoms with van der Waals surface area (Å²) in [6, 6.07) is 7.15. The minimum absolute atomic E-state index is 0.240. The average molecular weight is 435 g/mol. The van der Waals surface area contributed by atoms with E-state index in [1.807, 2.05) is 31.7 Å². The number of ether oxygens (including phenoxy) is 1. The van der Waals surface area contributed by atoms with Gasteiger partial charge in [-0.3, -0.25) is 14.5 Å². The van der Waals surface area contributed by atoms with E-state index in [1.165, 1.54) is 4.68 Å². The highest BCUT2D eigenvalue weighted by molar-refractivity contribution is 6.30. The monoisotopic (exact) mass is 434 g/mol. The number of piperazine rings is 1. The lowest BCUT2D eigenvalue weighted by Gasteiger charge is -2.35. The van der Waals surface area contributed by atoms with Crippen LogP contribution in [-0.4, -0.2) is 57.5 Å². The third-order valence-corrected chi connectivity index (χ3v) is 5.01. The quantitative estimate of drug-likeness (QED) is 0.746. The molecule has 1 aromatic carbocycles. The molecule has 1 aliphatic rings. The van der Waals surface area contributed by atoms with Crippen LogP contribution in [0.25, 0.3) is 0 Å². The summed E-state index contributed by atoms with van der Waals surface area (Å²) in [4.78, 5) is 40.9. The molecule has 8 nitrogen and oxygen atoms in total. The summed E-state index contributed by atoms with van der Waals surface area (Å²) in [7, 11) is 0. The maximum Gasteiger partial charge on any atom is 0.410 e. The van der Waals surface area contributed by atoms with Crippen LogP contribution in [0.3, 0.4) is 0 Å². The molecule has 2 heterocycles. The van der Waals surface area contributed by atoms with Gasteiger partial charge in [-0.15, -0.1) is 0 Å². The summed E-state index contributed by atoms with van der Waals surface area (Å²) in [5.74, 6) is 0. The number of aromatic nitrogens is 2. The van der Waals surface area contributed by atoms with E-state index in [4.69, 9.17) is 16.3 Å². The van der Waals surface area contributed by atoms with Crippen molar-refractivity contribution in [3.63, 3.8) is 0 Å². The summed E-state index contributed by atoms with van der Waals surface area (Å²) >= 11 is 5.98. The van der Waals surface area contributed by atoms with E-state index < -0.39 is 16.6 Å². The van der Waals surface area contributed by atoms with Gasteiger partial charge in [-0.05, 0) is 38.5 Å². The molecule has 30 heavy (non-hydrogen) atoms. The third kappa shape index (κ3) is 5.73. The van der Waals surface area contributed by atoms with Crippen LogP contribution in [0.4, 0.5) is 4.79 Å². The van der Waals surface area contributed by atoms with E-state index in [9.17, 15) is 14.4 Å². The molecule has 2 aromatic rings. The third-order valence-electron chi connectivity index (χ3n) is 4.77. The normalized spacial score (nSPS) is 15.3. The highest BCUT2D eigenvalue weighted by atomic mass is 35.5. The van der Waals surface area contributed by atoms with Gasteiger partial charge in [0.05, 0.1) is 6.54 Å². The van der Waals surface area contributed by atoms with Crippen molar-refractivity contribution in [1.82, 2.24) is 19.6 Å². The molecule has 1 aliphatic heterocycles. The topological polar surface area (TPSA) is 87.6 Å². The first-order valence-electron chi connectivity index (χ1n) is 9.88. The Kier molecular flexibility index (Phi) is 6.67. The molecule has 0 radical (unpaired) electrons. The number of hydrogen-bond donors (Lipinski definition) is 1. The number of amides is 1. The summed E-state index contributed by atoms with van der Waals surface area (Å²) in [6.45, 7) is 8.33. The predicted octanol–water partition coefficient (Wildman–Crippen LogP) is 2.29. The van der Waals surface area contributed by atoms with E-state index in [2.05, 4.69) is 5.10 Å². The molecule has 1 saturated heterocycles. The van der Waals surface area contributed by atoms with Gasteiger partial charge < -0.3 is 14.7 Å². The lowest BCUT2D eigenvalue weighted by atomic mass is 10.2. The Hall–Kier alpha value is -2.58. The fourth-order valence-corrected chi connectivity index (χ4v) is 3.46. The van der Waals surface area contributed by atoms with Crippen molar-refractivity contribution in [1.29, 1.82) is 0 Å². The molecular formula is C21H27ClN4O4. The molecule has 0 bridgehead atoms. The molecule has 1 aromatic heterocycles. The fraction of sp³-hybridized carbons (Fsp3) is 0.476. The fourth-order valence-electron chi connectivity index (χ4n) is 3.25. The van der Waals surface area contributed by atoms with Crippen molar-refractivity contribution in [2.75, 3.05) is 26.2 Å². The summed E-state index contributed by atoms with van der Waals surface area (Å²) in [6.07, 6.45) is 1.25. The highest BCUT2D eigenvalue weighted by Crippen LogP contribution is 2.13. The second-order valence-corrected chi connectivity index (χ2v) is 8.83. The first-order chi connectivity index (χ1) is 14.1. The van der Waals surface area contributed by atoms with E-state index in [1.54, 1.807) is 29.3 Å². The Labute approximate surface area is 180 Å². The summed E-state index contributed by atoms with van der Waals surface area (Å²) < 4.78 is 6.67. The number of nitrogens with one attached hydrogen (secondary N) is 1. The zero-order valence-corrected chi connectivity index (χ0v) is 18.2. The van der Waals surface area contributed by atoms with E-state index in [0.717, 1.165) is 5.56 Å². The van der Waals surface area contributed by atoms with Crippen molar-refractivity contribution in [2.45, 2.75) is 39.5 Å². The molecule has 0 saturated carbocycles. The van der Waals surface area contributed by atoms with Crippen molar-refractivity contribution in [2.24, 2.45) is 0 Å². The molecule has 0 aliphatic carbocycles. The number of aromatic amines is 1. The van der Waals surface area contributed by atoms with Gasteiger partial charge in [0.15, 0.2) is 0 Å². The standard InChI is InChI=1S/C21H27ClN4O4/c1-21(2,3)30-20(29)25-9-7-24(8-10-25)14-16-12-23-26(19(28)18(16)27)13-15-5-4-6-17(22)11-15/h4-6,11-12,23H,7-10,13-14H2,1-3H3. The zero-order valence-electron chi connectivity index (χ0n) is 17.5. The summed E-state index contributed by atoms with van der Waals surface area (Å²) in [5, 5.41) is 3.48. The van der Waals surface area contributed by atoms with Crippen molar-refractivity contribution in [3.8, 4) is 0 Å². The molecule has 162 valence electrons. The van der Waals surface area contributed by atoms with Gasteiger partial charge in [-0.1, -0.05) is 23.7 Å². The van der Waals surface area contributed by atoms with Gasteiger partial charge in [0.1, 0.15) is 5.60 Å². The van der Waals surface area contributed by atoms with Crippen LogP contribution in [0.2, 0.25) is 5.02 Å². The highest BCUT2D eigenvalue weighted by Gasteiger charge is 2.26. The van der Waals surface area contributed by atoms with Gasteiger partial charge in [0, 0.05) is 49.5 Å². The zero-order chi connectivity index (χ0) is 21.9. The lowest BCUT2D eigenvalue weighted by molar-refractivity contribution is 0.0138. The van der Waals surface area contributed by atoms with Crippen molar-refractivity contribution >= 4 is 17.7 Å². The van der Waals surface area contributed by atoms with E-state index in [0.29, 0.717) is 43.3 Å². The predicted molar refractivity (Wildman–Crippen MR) is 115 cm³/mol. The number of carbonyl (C=O) groups is 1. The molecule has 0 unspecified atom stereocenters. The second-order valence-electron chi connectivity index (χ2n) is 8.39. The number of hydrogen-bond acceptors (Lipinski definition) is 5. The van der Waals surface area contributed by atoms with Gasteiger partial charge in [-0.2, -0.15) is 0 Å². The Morgan fingerprint density at radius 2 is 1.83 bits per heavy atom. The van der Waals surface area contributed by atoms with Crippen LogP contribution in [0, 0.1) is 0 Å². The van der Waals surface area contributed by atoms with Crippen LogP contribution in [0.15, 0.2) is 40.1 Å². The van der Waals surface area contributed by atoms with E-state index in [-0.39, 0.29) is 12.6 Å². The van der Waals surface area contributed by atoms with Gasteiger partial charge in [-0.25, -0.2) is 9.48 Å². The Bertz CT molecular complexity index is 1020. The first kappa shape index (κ1) is 22.1. The Morgan fingerprint density at radius 1 is 1.13 bits per heavy atom. The molecule has 1 amide bonds. The van der Waals surface area contributed by atoms with Crippen LogP contribution >= 0.6 is 11.6 Å². The van der Waals surface area contributed by atoms with Gasteiger partial charge >= 0.3 is 11.7 Å². The number of rotatable bonds is 4. The molecule has 0 atom stereocenters. The molecule has 3 rings (SSSR count). The van der Waals surface area contributed by atoms with Crippen LogP contribution in [0.5, 0.6) is 0 Å². The van der Waals surface area contributed by atoms with E-state index >= 15 is 0 Å². The van der Waals surface area contributed by atoms with Crippen LogP contribution < -0.4 is 11.0 Å². The number of H-pyrrole nitrogens is 1. The van der Waals surface area contributed by atoms with Crippen LogP contribution in [-0.2, 0) is 17.8 Å². The molecule has 9 heteroatoms. The molecule has 1 N–H and O–H groups in total. The molecule has 1 fully saturated rings. The minimum Gasteiger partial charge on any atom is -0.444 e. The van der Waals surface area contributed by atoms with Crippen LogP contribution in [0.1, 0.15) is 31.9 Å². The average Bonchev–Trinajstić information content (AvgIpc) is 2.67. The largest absolute Gasteiger partial charge is 0.444 e. The summed E-state index contributed by atoms with van der Waals surface area (Å²) in [5.41, 5.74) is -0.416. The number of halogens is 1. The lowest BCUT2D eigenvalue weighted by Crippen LogP contribution is -2.50. The van der Waals surface area contributed by atoms with Crippen molar-refractivity contribution < 1.29 is 9.53 Å². The molecular weight excluding hydrogens is 408 g/mol. The maximum absolute atomic E-state index is 12.6. The smallest absolute Gasteiger partial charge is 0.410 e. The number of nitrogens with zero attached hydrogens (tertiary/aromatic N) is 3. The minimum atomic E-state index is -0.597. The maximum atomic E-state index is 12.6. The van der Waals surface area contributed by atoms with Gasteiger partial charge in [0.2, 0.25) is 0 Å². The number of benzene rings is 1. The van der Waals surface area contributed by atoms with Crippen molar-refractivity contribution in [3.05, 3.63) is 67.2 Å². The SMILES string of the molecule is CC(C)(C)OC(=O)N1CCN(Cc2c[nH]n(Cc3cccc(Cl)c3)c(=O)c2=O)CC1. The first-order valence-corrected chi connectivity index (χ1v) is 10.3. The second kappa shape index (κ2) is 9.06. The number of carbonyl (C=O) groups excluding carboxylic acids is 1.